The highest BCUT2D eigenvalue weighted by atomic mass is 16.1. The first-order valence-electron chi connectivity index (χ1n) is 6.13. The zero-order valence-electron chi connectivity index (χ0n) is 11.7. The molecule has 1 N–H and O–H groups in total. The molecule has 1 unspecified atom stereocenters. The third-order valence-electron chi connectivity index (χ3n) is 2.94. The molecular weight excluding hydrogens is 224 g/mol. The van der Waals surface area contributed by atoms with Gasteiger partial charge in [-0.15, -0.1) is 0 Å². The first kappa shape index (κ1) is 14.3. The zero-order valence-corrected chi connectivity index (χ0v) is 11.7. The van der Waals surface area contributed by atoms with Crippen molar-refractivity contribution >= 4 is 11.6 Å². The minimum atomic E-state index is -0.120. The molecule has 0 saturated carbocycles. The van der Waals surface area contributed by atoms with Crippen molar-refractivity contribution in [2.45, 2.75) is 26.3 Å². The average molecular weight is 246 g/mol. The Hall–Kier alpha value is -1.77. The van der Waals surface area contributed by atoms with Crippen molar-refractivity contribution in [2.24, 2.45) is 0 Å². The lowest BCUT2D eigenvalue weighted by atomic mass is 10.0. The van der Waals surface area contributed by atoms with Crippen LogP contribution in [0.15, 0.2) is 30.9 Å². The maximum atomic E-state index is 11.2. The summed E-state index contributed by atoms with van der Waals surface area (Å²) in [5, 5.41) is 2.88. The van der Waals surface area contributed by atoms with E-state index in [2.05, 4.69) is 41.9 Å². The summed E-state index contributed by atoms with van der Waals surface area (Å²) in [6, 6.07) is 6.50. The molecule has 0 aliphatic carbocycles. The maximum Gasteiger partial charge on any atom is 0.243 e. The highest BCUT2D eigenvalue weighted by Crippen LogP contribution is 2.18. The van der Waals surface area contributed by atoms with E-state index in [1.54, 1.807) is 0 Å². The third-order valence-corrected chi connectivity index (χ3v) is 2.94. The lowest BCUT2D eigenvalue weighted by Crippen LogP contribution is -2.32. The van der Waals surface area contributed by atoms with Crippen LogP contribution in [0.3, 0.4) is 0 Å². The molecule has 1 amide bonds. The van der Waals surface area contributed by atoms with Gasteiger partial charge in [-0.2, -0.15) is 0 Å². The van der Waals surface area contributed by atoms with E-state index in [9.17, 15) is 4.79 Å². The van der Waals surface area contributed by atoms with Crippen LogP contribution in [0.1, 0.15) is 18.1 Å². The topological polar surface area (TPSA) is 32.3 Å². The van der Waals surface area contributed by atoms with Crippen LogP contribution in [0, 0.1) is 6.92 Å². The van der Waals surface area contributed by atoms with Gasteiger partial charge in [0, 0.05) is 25.8 Å². The van der Waals surface area contributed by atoms with Crippen molar-refractivity contribution in [1.29, 1.82) is 0 Å². The summed E-state index contributed by atoms with van der Waals surface area (Å²) in [4.78, 5) is 13.3. The number of rotatable bonds is 5. The van der Waals surface area contributed by atoms with Crippen LogP contribution in [0.5, 0.6) is 0 Å². The number of amides is 1. The molecule has 0 aliphatic heterocycles. The van der Waals surface area contributed by atoms with Gasteiger partial charge in [-0.05, 0) is 49.6 Å². The van der Waals surface area contributed by atoms with Crippen molar-refractivity contribution in [2.75, 3.05) is 19.0 Å². The molecule has 3 heteroatoms. The summed E-state index contributed by atoms with van der Waals surface area (Å²) in [7, 11) is 4.06. The summed E-state index contributed by atoms with van der Waals surface area (Å²) < 4.78 is 0. The van der Waals surface area contributed by atoms with Crippen molar-refractivity contribution < 1.29 is 4.79 Å². The van der Waals surface area contributed by atoms with Crippen LogP contribution in [-0.2, 0) is 11.2 Å². The fourth-order valence-electron chi connectivity index (χ4n) is 1.87. The van der Waals surface area contributed by atoms with E-state index in [4.69, 9.17) is 0 Å². The highest BCUT2D eigenvalue weighted by Gasteiger charge is 2.08. The van der Waals surface area contributed by atoms with Crippen LogP contribution in [0.2, 0.25) is 0 Å². The summed E-state index contributed by atoms with van der Waals surface area (Å²) in [5.41, 5.74) is 3.71. The van der Waals surface area contributed by atoms with E-state index >= 15 is 0 Å². The Balaban J connectivity index is 2.73. The van der Waals surface area contributed by atoms with Crippen LogP contribution in [0.25, 0.3) is 0 Å². The Bertz CT molecular complexity index is 438. The fraction of sp³-hybridized carbons (Fsp3) is 0.400. The molecule has 1 rings (SSSR count). The van der Waals surface area contributed by atoms with Gasteiger partial charge in [0.1, 0.15) is 0 Å². The number of aryl methyl sites for hydroxylation is 1. The molecule has 0 spiro atoms. The van der Waals surface area contributed by atoms with Gasteiger partial charge in [-0.1, -0.05) is 12.6 Å². The van der Waals surface area contributed by atoms with E-state index < -0.39 is 0 Å². The SMILES string of the molecule is C=CC(=O)NC(C)Cc1ccc(N(C)C)cc1C. The van der Waals surface area contributed by atoms with Gasteiger partial charge in [0.25, 0.3) is 0 Å². The molecule has 1 aromatic rings. The average Bonchev–Trinajstić information content (AvgIpc) is 2.31. The van der Waals surface area contributed by atoms with Gasteiger partial charge in [0.2, 0.25) is 5.91 Å². The van der Waals surface area contributed by atoms with E-state index in [1.807, 2.05) is 21.0 Å². The number of carbonyl (C=O) groups excluding carboxylic acids is 1. The molecule has 1 aromatic carbocycles. The number of benzene rings is 1. The molecule has 0 bridgehead atoms. The minimum Gasteiger partial charge on any atom is -0.378 e. The molecule has 98 valence electrons. The quantitative estimate of drug-likeness (QED) is 0.809. The number of nitrogens with one attached hydrogen (secondary N) is 1. The summed E-state index contributed by atoms with van der Waals surface area (Å²) in [6.45, 7) is 7.55. The molecule has 3 nitrogen and oxygen atoms in total. The number of hydrogen-bond acceptors (Lipinski definition) is 2. The molecule has 0 aromatic heterocycles. The largest absolute Gasteiger partial charge is 0.378 e. The Labute approximate surface area is 109 Å². The molecule has 0 aliphatic rings. The molecule has 0 radical (unpaired) electrons. The van der Waals surface area contributed by atoms with Crippen LogP contribution >= 0.6 is 0 Å². The first-order chi connectivity index (χ1) is 8.43. The summed E-state index contributed by atoms with van der Waals surface area (Å²) in [5.74, 6) is -0.120. The molecule has 1 atom stereocenters. The number of hydrogen-bond donors (Lipinski definition) is 1. The molecule has 18 heavy (non-hydrogen) atoms. The van der Waals surface area contributed by atoms with Gasteiger partial charge in [0.15, 0.2) is 0 Å². The normalized spacial score (nSPS) is 11.8. The van der Waals surface area contributed by atoms with Crippen molar-refractivity contribution in [1.82, 2.24) is 5.32 Å². The predicted molar refractivity (Wildman–Crippen MR) is 77.0 cm³/mol. The van der Waals surface area contributed by atoms with Gasteiger partial charge < -0.3 is 10.2 Å². The number of anilines is 1. The lowest BCUT2D eigenvalue weighted by molar-refractivity contribution is -0.117. The second kappa shape index (κ2) is 6.24. The van der Waals surface area contributed by atoms with E-state index in [0.29, 0.717) is 0 Å². The Morgan fingerprint density at radius 2 is 2.17 bits per heavy atom. The third kappa shape index (κ3) is 3.91. The van der Waals surface area contributed by atoms with Gasteiger partial charge in [-0.3, -0.25) is 4.79 Å². The maximum absolute atomic E-state index is 11.2. The number of nitrogens with zero attached hydrogens (tertiary/aromatic N) is 1. The van der Waals surface area contributed by atoms with Crippen LogP contribution in [-0.4, -0.2) is 26.0 Å². The zero-order chi connectivity index (χ0) is 13.7. The lowest BCUT2D eigenvalue weighted by Gasteiger charge is -2.17. The standard InChI is InChI=1S/C15H22N2O/c1-6-15(18)16-12(3)10-13-7-8-14(17(4)5)9-11(13)2/h6-9,12H,1,10H2,2-5H3,(H,16,18). The Kier molecular flexibility index (Phi) is 4.95. The Morgan fingerprint density at radius 1 is 1.50 bits per heavy atom. The van der Waals surface area contributed by atoms with E-state index in [1.165, 1.54) is 22.9 Å². The monoisotopic (exact) mass is 246 g/mol. The highest BCUT2D eigenvalue weighted by molar-refractivity contribution is 5.87. The van der Waals surface area contributed by atoms with Crippen molar-refractivity contribution in [3.05, 3.63) is 42.0 Å². The Morgan fingerprint density at radius 3 is 2.67 bits per heavy atom. The molecule has 0 heterocycles. The predicted octanol–water partition coefficient (Wildman–Crippen LogP) is 2.29. The molecule has 0 saturated heterocycles. The van der Waals surface area contributed by atoms with Crippen LogP contribution < -0.4 is 10.2 Å². The van der Waals surface area contributed by atoms with Crippen molar-refractivity contribution in [3.8, 4) is 0 Å². The smallest absolute Gasteiger partial charge is 0.243 e. The molecule has 0 fully saturated rings. The molecular formula is C15H22N2O. The number of carbonyl (C=O) groups is 1. The summed E-state index contributed by atoms with van der Waals surface area (Å²) in [6.07, 6.45) is 2.14. The van der Waals surface area contributed by atoms with E-state index in [-0.39, 0.29) is 11.9 Å². The first-order valence-corrected chi connectivity index (χ1v) is 6.13. The fourth-order valence-corrected chi connectivity index (χ4v) is 1.87. The van der Waals surface area contributed by atoms with Gasteiger partial charge in [-0.25, -0.2) is 0 Å². The van der Waals surface area contributed by atoms with Crippen LogP contribution in [0.4, 0.5) is 5.69 Å². The van der Waals surface area contributed by atoms with E-state index in [0.717, 1.165) is 6.42 Å². The summed E-state index contributed by atoms with van der Waals surface area (Å²) >= 11 is 0. The van der Waals surface area contributed by atoms with Gasteiger partial charge in [0.05, 0.1) is 0 Å². The minimum absolute atomic E-state index is 0.111. The second-order valence-electron chi connectivity index (χ2n) is 4.82. The second-order valence-corrected chi connectivity index (χ2v) is 4.82. The van der Waals surface area contributed by atoms with Gasteiger partial charge >= 0.3 is 0 Å². The van der Waals surface area contributed by atoms with Crippen molar-refractivity contribution in [3.63, 3.8) is 0 Å².